The summed E-state index contributed by atoms with van der Waals surface area (Å²) in [5.41, 5.74) is 3.24. The summed E-state index contributed by atoms with van der Waals surface area (Å²) in [5, 5.41) is 5.25. The Bertz CT molecular complexity index is 1360. The van der Waals surface area contributed by atoms with E-state index in [0.29, 0.717) is 40.4 Å². The fourth-order valence-corrected chi connectivity index (χ4v) is 4.15. The van der Waals surface area contributed by atoms with Gasteiger partial charge in [0.05, 0.1) is 6.61 Å². The number of imide groups is 1. The van der Waals surface area contributed by atoms with E-state index >= 15 is 0 Å². The predicted octanol–water partition coefficient (Wildman–Crippen LogP) is 5.27. The van der Waals surface area contributed by atoms with E-state index in [-0.39, 0.29) is 5.70 Å². The SMILES string of the molecule is CCOc1cc(/C=C2/NC(=O)N(CC(=O)Nc3cccc(C)c3)C2=O)c(Br)cc1OCc1ccccc1. The van der Waals surface area contributed by atoms with Gasteiger partial charge in [0.25, 0.3) is 5.91 Å². The average molecular weight is 564 g/mol. The van der Waals surface area contributed by atoms with Crippen LogP contribution in [0.25, 0.3) is 6.08 Å². The standard InChI is InChI=1S/C28H26BrN3O5/c1-3-36-24-14-20(22(29)15-25(24)37-17-19-9-5-4-6-10-19)13-23-27(34)32(28(35)31-23)16-26(33)30-21-11-7-8-18(2)12-21/h4-15H,3,16-17H2,1-2H3,(H,30,33)(H,31,35)/b23-13+. The minimum absolute atomic E-state index is 0.0504. The third kappa shape index (κ3) is 6.56. The van der Waals surface area contributed by atoms with Crippen LogP contribution >= 0.6 is 15.9 Å². The molecule has 2 N–H and O–H groups in total. The van der Waals surface area contributed by atoms with E-state index in [1.54, 1.807) is 24.3 Å². The molecule has 3 aromatic carbocycles. The van der Waals surface area contributed by atoms with Crippen LogP contribution < -0.4 is 20.1 Å². The van der Waals surface area contributed by atoms with Crippen LogP contribution in [0.1, 0.15) is 23.6 Å². The van der Waals surface area contributed by atoms with Crippen LogP contribution in [0, 0.1) is 6.92 Å². The van der Waals surface area contributed by atoms with Crippen LogP contribution in [-0.2, 0) is 16.2 Å². The molecule has 0 radical (unpaired) electrons. The molecule has 0 aromatic heterocycles. The van der Waals surface area contributed by atoms with Gasteiger partial charge in [0.1, 0.15) is 18.8 Å². The highest BCUT2D eigenvalue weighted by atomic mass is 79.9. The molecule has 9 heteroatoms. The molecule has 1 fully saturated rings. The highest BCUT2D eigenvalue weighted by Gasteiger charge is 2.35. The van der Waals surface area contributed by atoms with Gasteiger partial charge in [-0.2, -0.15) is 0 Å². The number of carbonyl (C=O) groups is 3. The van der Waals surface area contributed by atoms with Gasteiger partial charge in [0, 0.05) is 10.2 Å². The maximum Gasteiger partial charge on any atom is 0.329 e. The first-order chi connectivity index (χ1) is 17.8. The minimum atomic E-state index is -0.667. The topological polar surface area (TPSA) is 97.0 Å². The van der Waals surface area contributed by atoms with Crippen molar-refractivity contribution in [1.82, 2.24) is 10.2 Å². The summed E-state index contributed by atoms with van der Waals surface area (Å²) in [6.07, 6.45) is 1.53. The summed E-state index contributed by atoms with van der Waals surface area (Å²) < 4.78 is 12.4. The number of amides is 4. The molecule has 0 unspecified atom stereocenters. The Kier molecular flexibility index (Phi) is 8.25. The van der Waals surface area contributed by atoms with Crippen molar-refractivity contribution < 1.29 is 23.9 Å². The van der Waals surface area contributed by atoms with E-state index in [2.05, 4.69) is 26.6 Å². The van der Waals surface area contributed by atoms with Gasteiger partial charge in [-0.25, -0.2) is 9.69 Å². The molecule has 1 heterocycles. The van der Waals surface area contributed by atoms with Crippen LogP contribution in [0.4, 0.5) is 10.5 Å². The maximum atomic E-state index is 12.9. The van der Waals surface area contributed by atoms with Crippen LogP contribution in [0.2, 0.25) is 0 Å². The number of nitrogens with zero attached hydrogens (tertiary/aromatic N) is 1. The van der Waals surface area contributed by atoms with Crippen molar-refractivity contribution in [3.8, 4) is 11.5 Å². The second kappa shape index (κ2) is 11.7. The van der Waals surface area contributed by atoms with Crippen molar-refractivity contribution in [3.63, 3.8) is 0 Å². The lowest BCUT2D eigenvalue weighted by atomic mass is 10.1. The number of ether oxygens (including phenoxy) is 2. The second-order valence-electron chi connectivity index (χ2n) is 8.32. The molecule has 1 saturated heterocycles. The van der Waals surface area contributed by atoms with Crippen molar-refractivity contribution in [1.29, 1.82) is 0 Å². The lowest BCUT2D eigenvalue weighted by Gasteiger charge is -2.14. The van der Waals surface area contributed by atoms with E-state index in [4.69, 9.17) is 9.47 Å². The van der Waals surface area contributed by atoms with Gasteiger partial charge in [-0.15, -0.1) is 0 Å². The number of aryl methyl sites for hydroxylation is 1. The number of benzene rings is 3. The van der Waals surface area contributed by atoms with Crippen LogP contribution in [-0.4, -0.2) is 35.9 Å². The lowest BCUT2D eigenvalue weighted by Crippen LogP contribution is -2.38. The fourth-order valence-electron chi connectivity index (χ4n) is 3.72. The zero-order valence-electron chi connectivity index (χ0n) is 20.4. The van der Waals surface area contributed by atoms with Crippen molar-refractivity contribution in [2.45, 2.75) is 20.5 Å². The van der Waals surface area contributed by atoms with Gasteiger partial charge in [0.2, 0.25) is 5.91 Å². The summed E-state index contributed by atoms with van der Waals surface area (Å²) in [6.45, 7) is 4.14. The Morgan fingerprint density at radius 2 is 1.78 bits per heavy atom. The second-order valence-corrected chi connectivity index (χ2v) is 9.18. The molecule has 37 heavy (non-hydrogen) atoms. The summed E-state index contributed by atoms with van der Waals surface area (Å²) in [6, 6.07) is 19.8. The van der Waals surface area contributed by atoms with E-state index in [1.165, 1.54) is 6.08 Å². The number of carbonyl (C=O) groups excluding carboxylic acids is 3. The smallest absolute Gasteiger partial charge is 0.329 e. The molecular weight excluding hydrogens is 538 g/mol. The Hall–Kier alpha value is -4.11. The first-order valence-electron chi connectivity index (χ1n) is 11.7. The van der Waals surface area contributed by atoms with E-state index in [1.807, 2.05) is 56.3 Å². The highest BCUT2D eigenvalue weighted by Crippen LogP contribution is 2.35. The summed E-state index contributed by atoms with van der Waals surface area (Å²) in [4.78, 5) is 38.7. The van der Waals surface area contributed by atoms with Crippen molar-refractivity contribution in [2.75, 3.05) is 18.5 Å². The molecule has 4 amide bonds. The first-order valence-corrected chi connectivity index (χ1v) is 12.5. The highest BCUT2D eigenvalue weighted by molar-refractivity contribution is 9.10. The summed E-state index contributed by atoms with van der Waals surface area (Å²) in [7, 11) is 0. The van der Waals surface area contributed by atoms with Gasteiger partial charge in [0.15, 0.2) is 11.5 Å². The summed E-state index contributed by atoms with van der Waals surface area (Å²) >= 11 is 3.52. The Balaban J connectivity index is 1.49. The number of nitrogens with one attached hydrogen (secondary N) is 2. The van der Waals surface area contributed by atoms with E-state index in [0.717, 1.165) is 16.0 Å². The molecule has 1 aliphatic heterocycles. The van der Waals surface area contributed by atoms with Gasteiger partial charge in [-0.1, -0.05) is 58.4 Å². The van der Waals surface area contributed by atoms with Gasteiger partial charge < -0.3 is 20.1 Å². The van der Waals surface area contributed by atoms with E-state index < -0.39 is 24.4 Å². The number of urea groups is 1. The number of hydrogen-bond donors (Lipinski definition) is 2. The Labute approximate surface area is 223 Å². The molecule has 3 aromatic rings. The molecule has 0 saturated carbocycles. The van der Waals surface area contributed by atoms with Crippen LogP contribution in [0.3, 0.4) is 0 Å². The van der Waals surface area contributed by atoms with Crippen LogP contribution in [0.5, 0.6) is 11.5 Å². The third-order valence-electron chi connectivity index (χ3n) is 5.47. The van der Waals surface area contributed by atoms with Gasteiger partial charge in [-0.05, 0) is 60.9 Å². The molecule has 1 aliphatic rings. The zero-order chi connectivity index (χ0) is 26.4. The molecule has 190 valence electrons. The lowest BCUT2D eigenvalue weighted by molar-refractivity contribution is -0.127. The number of hydrogen-bond acceptors (Lipinski definition) is 5. The normalized spacial score (nSPS) is 14.0. The zero-order valence-corrected chi connectivity index (χ0v) is 22.0. The molecule has 0 spiro atoms. The number of anilines is 1. The molecule has 0 bridgehead atoms. The predicted molar refractivity (Wildman–Crippen MR) is 144 cm³/mol. The largest absolute Gasteiger partial charge is 0.490 e. The monoisotopic (exact) mass is 563 g/mol. The fraction of sp³-hybridized carbons (Fsp3) is 0.179. The summed E-state index contributed by atoms with van der Waals surface area (Å²) in [5.74, 6) is -0.0377. The average Bonchev–Trinajstić information content (AvgIpc) is 3.13. The molecule has 4 rings (SSSR count). The Morgan fingerprint density at radius 3 is 2.51 bits per heavy atom. The first kappa shape index (κ1) is 26.0. The van der Waals surface area contributed by atoms with Crippen LogP contribution in [0.15, 0.2) is 76.9 Å². The minimum Gasteiger partial charge on any atom is -0.490 e. The Morgan fingerprint density at radius 1 is 1.03 bits per heavy atom. The molecular formula is C28H26BrN3O5. The van der Waals surface area contributed by atoms with E-state index in [9.17, 15) is 14.4 Å². The van der Waals surface area contributed by atoms with Crippen molar-refractivity contribution in [2.24, 2.45) is 0 Å². The van der Waals surface area contributed by atoms with Gasteiger partial charge >= 0.3 is 6.03 Å². The maximum absolute atomic E-state index is 12.9. The molecule has 0 aliphatic carbocycles. The van der Waals surface area contributed by atoms with Gasteiger partial charge in [-0.3, -0.25) is 9.59 Å². The van der Waals surface area contributed by atoms with Crippen molar-refractivity contribution >= 4 is 45.5 Å². The number of rotatable bonds is 9. The molecule has 0 atom stereocenters. The van der Waals surface area contributed by atoms with Crippen molar-refractivity contribution in [3.05, 3.63) is 93.6 Å². The third-order valence-corrected chi connectivity index (χ3v) is 6.15. The molecule has 8 nitrogen and oxygen atoms in total. The quantitative estimate of drug-likeness (QED) is 0.273. The number of halogens is 1.